The van der Waals surface area contributed by atoms with Crippen LogP contribution < -0.4 is 15.4 Å². The van der Waals surface area contributed by atoms with Crippen molar-refractivity contribution >= 4 is 34.2 Å². The molecule has 1 aliphatic heterocycles. The van der Waals surface area contributed by atoms with Crippen molar-refractivity contribution in [1.82, 2.24) is 5.32 Å². The van der Waals surface area contributed by atoms with Gasteiger partial charge in [0.15, 0.2) is 6.61 Å². The van der Waals surface area contributed by atoms with Crippen molar-refractivity contribution in [3.63, 3.8) is 0 Å². The molecule has 0 bridgehead atoms. The first-order chi connectivity index (χ1) is 12.1. The standard InChI is InChI=1S/C18H18N2O5/c1-24-17(22)10-25-15-8-6-13(11-4-2-3-5-12(11)15)20-18(23)14-7-9-16(21)19-14/h2-6,8,14H,7,9-10H2,1H3,(H,19,21)(H,20,23). The van der Waals surface area contributed by atoms with Crippen molar-refractivity contribution in [3.8, 4) is 5.75 Å². The molecule has 0 spiro atoms. The van der Waals surface area contributed by atoms with Crippen molar-refractivity contribution in [2.75, 3.05) is 19.0 Å². The minimum Gasteiger partial charge on any atom is -0.481 e. The number of ether oxygens (including phenoxy) is 2. The van der Waals surface area contributed by atoms with Crippen LogP contribution in [-0.4, -0.2) is 37.5 Å². The fourth-order valence-corrected chi connectivity index (χ4v) is 2.73. The van der Waals surface area contributed by atoms with Crippen LogP contribution in [0, 0.1) is 0 Å². The molecule has 0 aromatic heterocycles. The molecule has 1 saturated heterocycles. The zero-order valence-electron chi connectivity index (χ0n) is 13.7. The number of rotatable bonds is 5. The smallest absolute Gasteiger partial charge is 0.343 e. The maximum Gasteiger partial charge on any atom is 0.343 e. The van der Waals surface area contributed by atoms with E-state index >= 15 is 0 Å². The van der Waals surface area contributed by atoms with E-state index in [0.29, 0.717) is 24.3 Å². The van der Waals surface area contributed by atoms with Gasteiger partial charge in [-0.05, 0) is 18.6 Å². The molecule has 2 aromatic carbocycles. The van der Waals surface area contributed by atoms with Gasteiger partial charge in [0.2, 0.25) is 11.8 Å². The van der Waals surface area contributed by atoms with Crippen LogP contribution in [0.15, 0.2) is 36.4 Å². The highest BCUT2D eigenvalue weighted by molar-refractivity contribution is 6.06. The van der Waals surface area contributed by atoms with Gasteiger partial charge in [-0.15, -0.1) is 0 Å². The average Bonchev–Trinajstić information content (AvgIpc) is 3.07. The van der Waals surface area contributed by atoms with Gasteiger partial charge in [-0.25, -0.2) is 4.79 Å². The molecule has 0 saturated carbocycles. The third-order valence-corrected chi connectivity index (χ3v) is 4.03. The second kappa shape index (κ2) is 7.21. The Kier molecular flexibility index (Phi) is 4.83. The summed E-state index contributed by atoms with van der Waals surface area (Å²) < 4.78 is 10.1. The molecule has 1 atom stereocenters. The molecule has 1 fully saturated rings. The quantitative estimate of drug-likeness (QED) is 0.805. The molecular weight excluding hydrogens is 324 g/mol. The lowest BCUT2D eigenvalue weighted by molar-refractivity contribution is -0.142. The monoisotopic (exact) mass is 342 g/mol. The summed E-state index contributed by atoms with van der Waals surface area (Å²) in [4.78, 5) is 34.9. The van der Waals surface area contributed by atoms with E-state index in [1.807, 2.05) is 24.3 Å². The first-order valence-corrected chi connectivity index (χ1v) is 7.90. The third kappa shape index (κ3) is 3.71. The summed E-state index contributed by atoms with van der Waals surface area (Å²) in [6.07, 6.45) is 0.849. The Hall–Kier alpha value is -3.09. The molecule has 1 aliphatic rings. The SMILES string of the molecule is COC(=O)COc1ccc(NC(=O)C2CCC(=O)N2)c2ccccc12. The van der Waals surface area contributed by atoms with Crippen molar-refractivity contribution in [1.29, 1.82) is 0 Å². The van der Waals surface area contributed by atoms with Gasteiger partial charge in [0.1, 0.15) is 11.8 Å². The molecule has 2 amide bonds. The number of methoxy groups -OCH3 is 1. The highest BCUT2D eigenvalue weighted by Gasteiger charge is 2.27. The molecule has 3 rings (SSSR count). The molecule has 2 aromatic rings. The van der Waals surface area contributed by atoms with Crippen LogP contribution in [0.4, 0.5) is 5.69 Å². The number of hydrogen-bond donors (Lipinski definition) is 2. The number of nitrogens with one attached hydrogen (secondary N) is 2. The fraction of sp³-hybridized carbons (Fsp3) is 0.278. The number of carbonyl (C=O) groups is 3. The zero-order chi connectivity index (χ0) is 17.8. The van der Waals surface area contributed by atoms with Crippen molar-refractivity contribution in [2.24, 2.45) is 0 Å². The second-order valence-corrected chi connectivity index (χ2v) is 5.67. The molecule has 1 unspecified atom stereocenters. The van der Waals surface area contributed by atoms with Gasteiger partial charge >= 0.3 is 5.97 Å². The van der Waals surface area contributed by atoms with Crippen LogP contribution in [-0.2, 0) is 19.1 Å². The van der Waals surface area contributed by atoms with E-state index in [4.69, 9.17) is 4.74 Å². The van der Waals surface area contributed by atoms with Crippen LogP contribution in [0.1, 0.15) is 12.8 Å². The van der Waals surface area contributed by atoms with E-state index in [-0.39, 0.29) is 18.4 Å². The topological polar surface area (TPSA) is 93.7 Å². The van der Waals surface area contributed by atoms with Gasteiger partial charge in [0, 0.05) is 22.9 Å². The fourth-order valence-electron chi connectivity index (χ4n) is 2.73. The molecule has 0 radical (unpaired) electrons. The van der Waals surface area contributed by atoms with Crippen molar-refractivity contribution < 1.29 is 23.9 Å². The van der Waals surface area contributed by atoms with E-state index in [0.717, 1.165) is 10.8 Å². The summed E-state index contributed by atoms with van der Waals surface area (Å²) in [5.41, 5.74) is 0.618. The Morgan fingerprint density at radius 1 is 1.20 bits per heavy atom. The van der Waals surface area contributed by atoms with Gasteiger partial charge < -0.3 is 20.1 Å². The Bertz CT molecular complexity index is 833. The Balaban J connectivity index is 1.83. The molecule has 1 heterocycles. The zero-order valence-corrected chi connectivity index (χ0v) is 13.7. The summed E-state index contributed by atoms with van der Waals surface area (Å²) in [6.45, 7) is -0.194. The largest absolute Gasteiger partial charge is 0.481 e. The maximum absolute atomic E-state index is 12.3. The number of anilines is 1. The van der Waals surface area contributed by atoms with E-state index in [1.165, 1.54) is 7.11 Å². The third-order valence-electron chi connectivity index (χ3n) is 4.03. The Morgan fingerprint density at radius 3 is 2.64 bits per heavy atom. The summed E-state index contributed by atoms with van der Waals surface area (Å²) in [5, 5.41) is 7.04. The van der Waals surface area contributed by atoms with E-state index in [1.54, 1.807) is 12.1 Å². The lowest BCUT2D eigenvalue weighted by atomic mass is 10.1. The minimum atomic E-state index is -0.512. The summed E-state index contributed by atoms with van der Waals surface area (Å²) >= 11 is 0. The summed E-state index contributed by atoms with van der Waals surface area (Å²) in [5.74, 6) is -0.317. The molecule has 25 heavy (non-hydrogen) atoms. The number of amides is 2. The second-order valence-electron chi connectivity index (χ2n) is 5.67. The van der Waals surface area contributed by atoms with E-state index in [9.17, 15) is 14.4 Å². The van der Waals surface area contributed by atoms with E-state index in [2.05, 4.69) is 15.4 Å². The Labute approximate surface area is 144 Å². The molecule has 7 heteroatoms. The van der Waals surface area contributed by atoms with Crippen LogP contribution in [0.2, 0.25) is 0 Å². The summed E-state index contributed by atoms with van der Waals surface area (Å²) in [6, 6.07) is 10.3. The lowest BCUT2D eigenvalue weighted by Gasteiger charge is -2.15. The van der Waals surface area contributed by atoms with Gasteiger partial charge in [0.05, 0.1) is 7.11 Å². The summed E-state index contributed by atoms with van der Waals surface area (Å²) in [7, 11) is 1.30. The average molecular weight is 342 g/mol. The highest BCUT2D eigenvalue weighted by atomic mass is 16.6. The van der Waals surface area contributed by atoms with Gasteiger partial charge in [-0.3, -0.25) is 9.59 Å². The van der Waals surface area contributed by atoms with Crippen LogP contribution in [0.5, 0.6) is 5.75 Å². The highest BCUT2D eigenvalue weighted by Crippen LogP contribution is 2.32. The van der Waals surface area contributed by atoms with Crippen molar-refractivity contribution in [2.45, 2.75) is 18.9 Å². The molecule has 7 nitrogen and oxygen atoms in total. The first kappa shape index (κ1) is 16.8. The number of hydrogen-bond acceptors (Lipinski definition) is 5. The number of esters is 1. The number of carbonyl (C=O) groups excluding carboxylic acids is 3. The molecular formula is C18H18N2O5. The predicted octanol–water partition coefficient (Wildman–Crippen LogP) is 1.61. The maximum atomic E-state index is 12.3. The molecule has 2 N–H and O–H groups in total. The van der Waals surface area contributed by atoms with Crippen LogP contribution >= 0.6 is 0 Å². The number of benzene rings is 2. The normalized spacial score (nSPS) is 16.4. The van der Waals surface area contributed by atoms with Gasteiger partial charge in [-0.1, -0.05) is 24.3 Å². The Morgan fingerprint density at radius 2 is 1.96 bits per heavy atom. The minimum absolute atomic E-state index is 0.114. The molecule has 130 valence electrons. The first-order valence-electron chi connectivity index (χ1n) is 7.90. The number of fused-ring (bicyclic) bond motifs is 1. The lowest BCUT2D eigenvalue weighted by Crippen LogP contribution is -2.37. The van der Waals surface area contributed by atoms with Crippen molar-refractivity contribution in [3.05, 3.63) is 36.4 Å². The van der Waals surface area contributed by atoms with Crippen LogP contribution in [0.25, 0.3) is 10.8 Å². The molecule has 0 aliphatic carbocycles. The van der Waals surface area contributed by atoms with Gasteiger partial charge in [-0.2, -0.15) is 0 Å². The van der Waals surface area contributed by atoms with Gasteiger partial charge in [0.25, 0.3) is 0 Å². The predicted molar refractivity (Wildman–Crippen MR) is 91.3 cm³/mol. The van der Waals surface area contributed by atoms with E-state index < -0.39 is 12.0 Å². The van der Waals surface area contributed by atoms with Crippen LogP contribution in [0.3, 0.4) is 0 Å².